The van der Waals surface area contributed by atoms with E-state index in [1.807, 2.05) is 6.92 Å². The van der Waals surface area contributed by atoms with E-state index in [0.717, 1.165) is 18.5 Å². The van der Waals surface area contributed by atoms with Crippen molar-refractivity contribution in [2.24, 2.45) is 5.73 Å². The molecule has 1 saturated carbocycles. The summed E-state index contributed by atoms with van der Waals surface area (Å²) in [7, 11) is -3.50. The molecule has 7 heteroatoms. The van der Waals surface area contributed by atoms with E-state index in [1.165, 1.54) is 4.31 Å². The van der Waals surface area contributed by atoms with Crippen LogP contribution in [0.1, 0.15) is 31.0 Å². The van der Waals surface area contributed by atoms with Crippen LogP contribution in [-0.4, -0.2) is 35.5 Å². The van der Waals surface area contributed by atoms with Gasteiger partial charge in [0, 0.05) is 30.4 Å². The first-order valence-corrected chi connectivity index (χ1v) is 7.22. The quantitative estimate of drug-likeness (QED) is 0.797. The van der Waals surface area contributed by atoms with Gasteiger partial charge in [0.05, 0.1) is 0 Å². The monoisotopic (exact) mass is 258 g/mol. The number of aryl methyl sites for hydroxylation is 1. The molecule has 1 aliphatic carbocycles. The summed E-state index contributed by atoms with van der Waals surface area (Å²) < 4.78 is 26.4. The van der Waals surface area contributed by atoms with Gasteiger partial charge in [-0.25, -0.2) is 8.42 Å². The number of aromatic amines is 1. The summed E-state index contributed by atoms with van der Waals surface area (Å²) in [5.41, 5.74) is 6.89. The van der Waals surface area contributed by atoms with E-state index in [1.54, 1.807) is 6.92 Å². The van der Waals surface area contributed by atoms with Gasteiger partial charge in [0.1, 0.15) is 0 Å². The standard InChI is InChI=1S/C10H18N4O2S/c1-3-14(8-4-5-8)17(15,16)10-9(6-11)7(2)12-13-10/h8H,3-6,11H2,1-2H3,(H,12,13). The smallest absolute Gasteiger partial charge is 0.262 e. The largest absolute Gasteiger partial charge is 0.326 e. The summed E-state index contributed by atoms with van der Waals surface area (Å²) in [5, 5.41) is 6.69. The lowest BCUT2D eigenvalue weighted by Gasteiger charge is -2.19. The van der Waals surface area contributed by atoms with Crippen molar-refractivity contribution >= 4 is 10.0 Å². The summed E-state index contributed by atoms with van der Waals surface area (Å²) in [4.78, 5) is 0. The number of nitrogens with one attached hydrogen (secondary N) is 1. The molecular weight excluding hydrogens is 240 g/mol. The molecule has 0 radical (unpaired) electrons. The van der Waals surface area contributed by atoms with Crippen molar-refractivity contribution in [2.45, 2.75) is 44.3 Å². The van der Waals surface area contributed by atoms with E-state index in [9.17, 15) is 8.42 Å². The van der Waals surface area contributed by atoms with Crippen molar-refractivity contribution in [1.29, 1.82) is 0 Å². The zero-order valence-electron chi connectivity index (χ0n) is 10.1. The van der Waals surface area contributed by atoms with Crippen LogP contribution in [0.2, 0.25) is 0 Å². The van der Waals surface area contributed by atoms with Crippen LogP contribution in [-0.2, 0) is 16.6 Å². The van der Waals surface area contributed by atoms with Crippen molar-refractivity contribution in [1.82, 2.24) is 14.5 Å². The lowest BCUT2D eigenvalue weighted by molar-refractivity contribution is 0.418. The van der Waals surface area contributed by atoms with Crippen LogP contribution >= 0.6 is 0 Å². The highest BCUT2D eigenvalue weighted by Crippen LogP contribution is 2.32. The highest BCUT2D eigenvalue weighted by atomic mass is 32.2. The Hall–Kier alpha value is -0.920. The molecule has 3 N–H and O–H groups in total. The average Bonchev–Trinajstić information content (AvgIpc) is 3.01. The molecule has 0 unspecified atom stereocenters. The first-order chi connectivity index (χ1) is 8.02. The van der Waals surface area contributed by atoms with E-state index in [-0.39, 0.29) is 17.6 Å². The number of hydrogen-bond acceptors (Lipinski definition) is 4. The Balaban J connectivity index is 2.43. The van der Waals surface area contributed by atoms with Crippen molar-refractivity contribution in [2.75, 3.05) is 6.54 Å². The minimum absolute atomic E-state index is 0.0891. The summed E-state index contributed by atoms with van der Waals surface area (Å²) in [6.07, 6.45) is 1.88. The molecule has 0 saturated heterocycles. The molecule has 1 heterocycles. The Labute approximate surface area is 101 Å². The van der Waals surface area contributed by atoms with Crippen molar-refractivity contribution in [3.05, 3.63) is 11.3 Å². The van der Waals surface area contributed by atoms with Crippen molar-refractivity contribution in [3.8, 4) is 0 Å². The predicted octanol–water partition coefficient (Wildman–Crippen LogP) is 0.350. The van der Waals surface area contributed by atoms with Gasteiger partial charge in [-0.05, 0) is 19.8 Å². The topological polar surface area (TPSA) is 92.1 Å². The fourth-order valence-electron chi connectivity index (χ4n) is 1.98. The van der Waals surface area contributed by atoms with Crippen LogP contribution in [0.15, 0.2) is 5.03 Å². The Morgan fingerprint density at radius 2 is 2.18 bits per heavy atom. The van der Waals surface area contributed by atoms with E-state index in [4.69, 9.17) is 5.73 Å². The molecule has 1 aliphatic rings. The minimum atomic E-state index is -3.50. The average molecular weight is 258 g/mol. The van der Waals surface area contributed by atoms with E-state index >= 15 is 0 Å². The maximum absolute atomic E-state index is 12.4. The van der Waals surface area contributed by atoms with Crippen molar-refractivity contribution < 1.29 is 8.42 Å². The van der Waals surface area contributed by atoms with E-state index < -0.39 is 10.0 Å². The Bertz CT molecular complexity index is 504. The molecule has 2 rings (SSSR count). The van der Waals surface area contributed by atoms with Gasteiger partial charge >= 0.3 is 0 Å². The van der Waals surface area contributed by atoms with Gasteiger partial charge in [0.25, 0.3) is 10.0 Å². The highest BCUT2D eigenvalue weighted by molar-refractivity contribution is 7.89. The zero-order valence-corrected chi connectivity index (χ0v) is 10.9. The molecule has 0 amide bonds. The summed E-state index contributed by atoms with van der Waals surface area (Å²) >= 11 is 0. The van der Waals surface area contributed by atoms with Gasteiger partial charge in [0.15, 0.2) is 5.03 Å². The molecule has 0 aliphatic heterocycles. The number of nitrogens with two attached hydrogens (primary N) is 1. The first kappa shape index (κ1) is 12.5. The highest BCUT2D eigenvalue weighted by Gasteiger charge is 2.39. The number of H-pyrrole nitrogens is 1. The van der Waals surface area contributed by atoms with Crippen LogP contribution in [0.3, 0.4) is 0 Å². The number of sulfonamides is 1. The second-order valence-electron chi connectivity index (χ2n) is 4.28. The molecule has 96 valence electrons. The number of hydrogen-bond donors (Lipinski definition) is 2. The molecule has 1 aromatic rings. The van der Waals surface area contributed by atoms with Crippen LogP contribution in [0.4, 0.5) is 0 Å². The Kier molecular flexibility index (Phi) is 3.24. The zero-order chi connectivity index (χ0) is 12.6. The maximum atomic E-state index is 12.4. The molecular formula is C10H18N4O2S. The summed E-state index contributed by atoms with van der Waals surface area (Å²) in [6.45, 7) is 4.28. The molecule has 0 aromatic carbocycles. The summed E-state index contributed by atoms with van der Waals surface area (Å²) in [6, 6.07) is 0.146. The molecule has 0 spiro atoms. The minimum Gasteiger partial charge on any atom is -0.326 e. The third kappa shape index (κ3) is 2.10. The van der Waals surface area contributed by atoms with Crippen LogP contribution in [0, 0.1) is 6.92 Å². The first-order valence-electron chi connectivity index (χ1n) is 5.78. The van der Waals surface area contributed by atoms with E-state index in [0.29, 0.717) is 12.1 Å². The van der Waals surface area contributed by atoms with E-state index in [2.05, 4.69) is 10.2 Å². The van der Waals surface area contributed by atoms with Gasteiger partial charge in [-0.3, -0.25) is 5.10 Å². The van der Waals surface area contributed by atoms with Gasteiger partial charge in [-0.15, -0.1) is 0 Å². The molecule has 6 nitrogen and oxygen atoms in total. The van der Waals surface area contributed by atoms with Crippen LogP contribution < -0.4 is 5.73 Å². The third-order valence-corrected chi connectivity index (χ3v) is 5.06. The second-order valence-corrected chi connectivity index (χ2v) is 6.08. The molecule has 1 aromatic heterocycles. The molecule has 17 heavy (non-hydrogen) atoms. The third-order valence-electron chi connectivity index (χ3n) is 3.06. The number of nitrogens with zero attached hydrogens (tertiary/aromatic N) is 2. The van der Waals surface area contributed by atoms with Crippen LogP contribution in [0.5, 0.6) is 0 Å². The predicted molar refractivity (Wildman–Crippen MR) is 63.8 cm³/mol. The van der Waals surface area contributed by atoms with Gasteiger partial charge < -0.3 is 5.73 Å². The molecule has 1 fully saturated rings. The lowest BCUT2D eigenvalue weighted by Crippen LogP contribution is -2.33. The fraction of sp³-hybridized carbons (Fsp3) is 0.700. The Morgan fingerprint density at radius 1 is 1.53 bits per heavy atom. The fourth-order valence-corrected chi connectivity index (χ4v) is 3.86. The molecule has 0 bridgehead atoms. The SMILES string of the molecule is CCN(C1CC1)S(=O)(=O)c1n[nH]c(C)c1CN. The van der Waals surface area contributed by atoms with Crippen LogP contribution in [0.25, 0.3) is 0 Å². The number of aromatic nitrogens is 2. The lowest BCUT2D eigenvalue weighted by atomic mass is 10.3. The van der Waals surface area contributed by atoms with Gasteiger partial charge in [-0.2, -0.15) is 9.40 Å². The summed E-state index contributed by atoms with van der Waals surface area (Å²) in [5.74, 6) is 0. The number of rotatable bonds is 5. The molecule has 0 atom stereocenters. The van der Waals surface area contributed by atoms with Gasteiger partial charge in [0.2, 0.25) is 0 Å². The maximum Gasteiger partial charge on any atom is 0.262 e. The van der Waals surface area contributed by atoms with Gasteiger partial charge in [-0.1, -0.05) is 6.92 Å². The Morgan fingerprint density at radius 3 is 2.65 bits per heavy atom. The normalized spacial score (nSPS) is 16.7. The van der Waals surface area contributed by atoms with Crippen molar-refractivity contribution in [3.63, 3.8) is 0 Å². The second kappa shape index (κ2) is 4.40.